The number of aliphatic hydroxyl groups excluding tert-OH is 1. The fourth-order valence-electron chi connectivity index (χ4n) is 4.42. The maximum absolute atomic E-state index is 14.0. The maximum Gasteiger partial charge on any atom is 0.259 e. The first kappa shape index (κ1) is 22.1. The van der Waals surface area contributed by atoms with Crippen LogP contribution >= 0.6 is 11.6 Å². The Morgan fingerprint density at radius 3 is 2.26 bits per heavy atom. The summed E-state index contributed by atoms with van der Waals surface area (Å²) in [5, 5.41) is 19.7. The van der Waals surface area contributed by atoms with Gasteiger partial charge in [0, 0.05) is 21.7 Å². The molecule has 34 heavy (non-hydrogen) atoms. The van der Waals surface area contributed by atoms with Gasteiger partial charge in [-0.05, 0) is 41.0 Å². The Hall–Kier alpha value is -3.70. The van der Waals surface area contributed by atoms with Crippen LogP contribution in [0.3, 0.4) is 0 Å². The topological polar surface area (TPSA) is 60.8 Å². The molecule has 4 aromatic rings. The molecule has 5 rings (SSSR count). The van der Waals surface area contributed by atoms with E-state index in [1.807, 2.05) is 84.9 Å². The van der Waals surface area contributed by atoms with Gasteiger partial charge in [0.1, 0.15) is 0 Å². The van der Waals surface area contributed by atoms with E-state index >= 15 is 0 Å². The fourth-order valence-corrected chi connectivity index (χ4v) is 4.61. The van der Waals surface area contributed by atoms with Gasteiger partial charge in [0.2, 0.25) is 0 Å². The summed E-state index contributed by atoms with van der Waals surface area (Å²) in [4.78, 5) is 15.7. The molecule has 0 aliphatic carbocycles. The smallest absolute Gasteiger partial charge is 0.259 e. The van der Waals surface area contributed by atoms with E-state index in [0.717, 1.165) is 33.5 Å². The average molecular weight is 468 g/mol. The lowest BCUT2D eigenvalue weighted by atomic mass is 9.90. The van der Waals surface area contributed by atoms with Gasteiger partial charge in [0.15, 0.2) is 6.29 Å². The highest BCUT2D eigenvalue weighted by Crippen LogP contribution is 2.43. The molecule has 5 heteroatoms. The standard InChI is InChI=1S/C29H22ClNO3/c30-23-13-7-11-21(17-23)26(20-9-2-1-3-10-20)27-24-14-4-5-15-25(24)31(28(27)32)18-19-8-6-12-22(16-19)29(33)34/h1-17,29,33-34H,18H2. The minimum atomic E-state index is -1.57. The molecule has 0 saturated heterocycles. The molecule has 0 bridgehead atoms. The number of carbonyl (C=O) groups is 1. The van der Waals surface area contributed by atoms with Crippen LogP contribution in [-0.2, 0) is 11.3 Å². The summed E-state index contributed by atoms with van der Waals surface area (Å²) in [5.74, 6) is -0.116. The summed E-state index contributed by atoms with van der Waals surface area (Å²) in [6.07, 6.45) is -1.57. The van der Waals surface area contributed by atoms with Gasteiger partial charge < -0.3 is 15.1 Å². The van der Waals surface area contributed by atoms with E-state index in [-0.39, 0.29) is 5.91 Å². The second-order valence-electron chi connectivity index (χ2n) is 8.15. The third-order valence-electron chi connectivity index (χ3n) is 5.94. The molecule has 1 heterocycles. The molecule has 2 N–H and O–H groups in total. The molecule has 0 atom stereocenters. The lowest BCUT2D eigenvalue weighted by Crippen LogP contribution is -2.26. The Morgan fingerprint density at radius 1 is 0.794 bits per heavy atom. The first-order chi connectivity index (χ1) is 16.5. The van der Waals surface area contributed by atoms with Crippen molar-refractivity contribution in [1.29, 1.82) is 0 Å². The Kier molecular flexibility index (Phi) is 6.03. The molecule has 0 unspecified atom stereocenters. The summed E-state index contributed by atoms with van der Waals surface area (Å²) in [6.45, 7) is 0.303. The van der Waals surface area contributed by atoms with Crippen LogP contribution in [0.1, 0.15) is 34.1 Å². The van der Waals surface area contributed by atoms with E-state index in [2.05, 4.69) is 0 Å². The van der Waals surface area contributed by atoms with E-state index in [4.69, 9.17) is 11.6 Å². The number of amides is 1. The van der Waals surface area contributed by atoms with Crippen molar-refractivity contribution in [2.45, 2.75) is 12.8 Å². The lowest BCUT2D eigenvalue weighted by Gasteiger charge is -2.18. The highest BCUT2D eigenvalue weighted by molar-refractivity contribution is 6.39. The predicted octanol–water partition coefficient (Wildman–Crippen LogP) is 5.83. The second kappa shape index (κ2) is 9.27. The number of anilines is 1. The maximum atomic E-state index is 14.0. The Bertz CT molecular complexity index is 1400. The average Bonchev–Trinajstić information content (AvgIpc) is 3.12. The van der Waals surface area contributed by atoms with Crippen LogP contribution < -0.4 is 4.90 Å². The number of aliphatic hydroxyl groups is 2. The SMILES string of the molecule is O=C1C(=C(c2ccccc2)c2cccc(Cl)c2)c2ccccc2N1Cc1cccc(C(O)O)c1. The van der Waals surface area contributed by atoms with Gasteiger partial charge in [-0.2, -0.15) is 0 Å². The molecule has 0 spiro atoms. The molecule has 4 aromatic carbocycles. The molecule has 0 aromatic heterocycles. The van der Waals surface area contributed by atoms with Gasteiger partial charge in [0.05, 0.1) is 17.8 Å². The number of hydrogen-bond acceptors (Lipinski definition) is 3. The highest BCUT2D eigenvalue weighted by atomic mass is 35.5. The largest absolute Gasteiger partial charge is 0.364 e. The normalized spacial score (nSPS) is 14.5. The van der Waals surface area contributed by atoms with Gasteiger partial charge in [-0.15, -0.1) is 0 Å². The van der Waals surface area contributed by atoms with E-state index in [1.165, 1.54) is 0 Å². The van der Waals surface area contributed by atoms with Crippen molar-refractivity contribution in [2.24, 2.45) is 0 Å². The second-order valence-corrected chi connectivity index (χ2v) is 8.59. The Balaban J connectivity index is 1.69. The summed E-state index contributed by atoms with van der Waals surface area (Å²) < 4.78 is 0. The first-order valence-corrected chi connectivity index (χ1v) is 11.3. The molecule has 1 amide bonds. The van der Waals surface area contributed by atoms with Crippen molar-refractivity contribution in [2.75, 3.05) is 4.90 Å². The van der Waals surface area contributed by atoms with Gasteiger partial charge in [-0.3, -0.25) is 4.79 Å². The van der Waals surface area contributed by atoms with Crippen molar-refractivity contribution < 1.29 is 15.0 Å². The van der Waals surface area contributed by atoms with Crippen LogP contribution in [0.25, 0.3) is 11.1 Å². The zero-order valence-electron chi connectivity index (χ0n) is 18.2. The van der Waals surface area contributed by atoms with Crippen LogP contribution in [0.5, 0.6) is 0 Å². The zero-order valence-corrected chi connectivity index (χ0v) is 19.0. The van der Waals surface area contributed by atoms with Crippen molar-refractivity contribution in [1.82, 2.24) is 0 Å². The van der Waals surface area contributed by atoms with Gasteiger partial charge >= 0.3 is 0 Å². The highest BCUT2D eigenvalue weighted by Gasteiger charge is 2.35. The van der Waals surface area contributed by atoms with Crippen LogP contribution in [0.15, 0.2) is 103 Å². The fraction of sp³-hybridized carbons (Fsp3) is 0.0690. The van der Waals surface area contributed by atoms with E-state index in [1.54, 1.807) is 23.1 Å². The molecule has 1 aliphatic heterocycles. The molecule has 0 fully saturated rings. The molecular formula is C29H22ClNO3. The summed E-state index contributed by atoms with van der Waals surface area (Å²) in [6, 6.07) is 32.1. The number of carbonyl (C=O) groups excluding carboxylic acids is 1. The van der Waals surface area contributed by atoms with Crippen LogP contribution in [-0.4, -0.2) is 16.1 Å². The minimum Gasteiger partial charge on any atom is -0.364 e. The zero-order chi connectivity index (χ0) is 23.7. The number of hydrogen-bond donors (Lipinski definition) is 2. The van der Waals surface area contributed by atoms with Crippen molar-refractivity contribution in [3.8, 4) is 0 Å². The van der Waals surface area contributed by atoms with Gasteiger partial charge in [0.25, 0.3) is 5.91 Å². The van der Waals surface area contributed by atoms with E-state index in [0.29, 0.717) is 22.7 Å². The van der Waals surface area contributed by atoms with Crippen LogP contribution in [0, 0.1) is 0 Å². The van der Waals surface area contributed by atoms with Gasteiger partial charge in [-0.25, -0.2) is 0 Å². The molecule has 4 nitrogen and oxygen atoms in total. The Labute approximate surface area is 203 Å². The number of para-hydroxylation sites is 1. The first-order valence-electron chi connectivity index (χ1n) is 10.9. The number of nitrogens with zero attached hydrogens (tertiary/aromatic N) is 1. The van der Waals surface area contributed by atoms with Crippen molar-refractivity contribution >= 4 is 34.3 Å². The van der Waals surface area contributed by atoms with Crippen molar-refractivity contribution in [3.63, 3.8) is 0 Å². The summed E-state index contributed by atoms with van der Waals surface area (Å²) in [5.41, 5.74) is 6.08. The predicted molar refractivity (Wildman–Crippen MR) is 135 cm³/mol. The van der Waals surface area contributed by atoms with Crippen molar-refractivity contribution in [3.05, 3.63) is 136 Å². The minimum absolute atomic E-state index is 0.116. The summed E-state index contributed by atoms with van der Waals surface area (Å²) in [7, 11) is 0. The molecule has 0 saturated carbocycles. The number of halogens is 1. The molecule has 168 valence electrons. The lowest BCUT2D eigenvalue weighted by molar-refractivity contribution is -0.113. The molecule has 0 radical (unpaired) electrons. The van der Waals surface area contributed by atoms with Gasteiger partial charge in [-0.1, -0.05) is 90.5 Å². The Morgan fingerprint density at radius 2 is 1.50 bits per heavy atom. The molecular weight excluding hydrogens is 446 g/mol. The molecule has 1 aliphatic rings. The number of rotatable bonds is 5. The number of benzene rings is 4. The van der Waals surface area contributed by atoms with E-state index in [9.17, 15) is 15.0 Å². The third-order valence-corrected chi connectivity index (χ3v) is 6.17. The number of fused-ring (bicyclic) bond motifs is 1. The third kappa shape index (κ3) is 4.15. The quantitative estimate of drug-likeness (QED) is 0.287. The van der Waals surface area contributed by atoms with E-state index < -0.39 is 6.29 Å². The van der Waals surface area contributed by atoms with Crippen LogP contribution in [0.4, 0.5) is 5.69 Å². The van der Waals surface area contributed by atoms with Crippen LogP contribution in [0.2, 0.25) is 5.02 Å². The monoisotopic (exact) mass is 467 g/mol. The summed E-state index contributed by atoms with van der Waals surface area (Å²) >= 11 is 6.34.